The molecule has 0 rings (SSSR count). The summed E-state index contributed by atoms with van der Waals surface area (Å²) in [5.74, 6) is 29.0. The van der Waals surface area contributed by atoms with Gasteiger partial charge in [-0.05, 0) is 201 Å². The maximum atomic E-state index is 9.15. The van der Waals surface area contributed by atoms with Crippen LogP contribution in [0.5, 0.6) is 0 Å². The van der Waals surface area contributed by atoms with E-state index in [-0.39, 0.29) is 6.61 Å². The van der Waals surface area contributed by atoms with E-state index in [0.717, 1.165) is 175 Å². The normalized spacial score (nSPS) is 13.4. The van der Waals surface area contributed by atoms with Crippen molar-refractivity contribution in [1.29, 1.82) is 0 Å². The maximum Gasteiger partial charge on any atom is 0.0956 e. The fourth-order valence-electron chi connectivity index (χ4n) is 12.8. The van der Waals surface area contributed by atoms with Crippen molar-refractivity contribution >= 4 is 107 Å². The molecule has 116 heavy (non-hydrogen) atoms. The van der Waals surface area contributed by atoms with E-state index in [2.05, 4.69) is 437 Å². The van der Waals surface area contributed by atoms with E-state index in [1.54, 1.807) is 0 Å². The smallest absolute Gasteiger partial charge is 0.0956 e. The predicted molar refractivity (Wildman–Crippen MR) is 571 cm³/mol. The summed E-state index contributed by atoms with van der Waals surface area (Å²) in [6.07, 6.45) is 2.68. The first-order chi connectivity index (χ1) is 53.4. The van der Waals surface area contributed by atoms with Gasteiger partial charge in [0.1, 0.15) is 0 Å². The van der Waals surface area contributed by atoms with E-state index in [4.69, 9.17) is 17.7 Å². The molecule has 0 aliphatic heterocycles. The Hall–Kier alpha value is 2.91. The first-order valence-electron chi connectivity index (χ1n) is 48.2. The second-order valence-corrected chi connectivity index (χ2v) is 55.5. The lowest BCUT2D eigenvalue weighted by molar-refractivity contribution is 0.145. The van der Waals surface area contributed by atoms with Gasteiger partial charge in [0.15, 0.2) is 0 Å². The van der Waals surface area contributed by atoms with Gasteiger partial charge in [0, 0.05) is 109 Å². The van der Waals surface area contributed by atoms with Crippen LogP contribution in [0.4, 0.5) is 0 Å². The fraction of sp³-hybridized carbons (Fsp3) is 1.00. The lowest BCUT2D eigenvalue weighted by atomic mass is 9.81. The van der Waals surface area contributed by atoms with Crippen LogP contribution in [0, 0.1) is 142 Å². The highest BCUT2D eigenvalue weighted by atomic mass is 32.3. The number of aliphatic hydroxyl groups is 1. The second kappa shape index (κ2) is 83.5. The van der Waals surface area contributed by atoms with Gasteiger partial charge in [0.05, 0.1) is 19.7 Å². The molecule has 3 atom stereocenters. The zero-order chi connectivity index (χ0) is 91.7. The highest BCUT2D eigenvalue weighted by molar-refractivity contribution is 8.32. The SMILES string of the molecule is CC(C)CC(C(C)C)C(S)C(C)C.CC(C)CN(CC(C)C)CC(C)C.CC(C)CN(CCN(CC(C)C)CC(C)C)CC(C)C.CC(C)CN(CCO)CCN(CC(C)C)CC(C)C.CC(C)CSC(CC(C)C)C(C)C.CC(C)CSC(SCC(C)C)C(SCC(C)C)SCC(C)C.CC(C)CSC(SCC(C)C)SCC(C)C. The molecule has 1 N–H and O–H groups in total. The number of hydrogen-bond donors (Lipinski definition) is 2. The minimum Gasteiger partial charge on any atom is -0.395 e. The van der Waals surface area contributed by atoms with Crippen LogP contribution in [0.15, 0.2) is 0 Å². The Morgan fingerprint density at radius 1 is 0.207 bits per heavy atom. The van der Waals surface area contributed by atoms with Crippen LogP contribution in [-0.2, 0) is 0 Å². The molecule has 15 heteroatoms. The molecule has 0 aliphatic rings. The van der Waals surface area contributed by atoms with Crippen molar-refractivity contribution in [3.63, 3.8) is 0 Å². The Morgan fingerprint density at radius 2 is 0.414 bits per heavy atom. The summed E-state index contributed by atoms with van der Waals surface area (Å²) < 4.78 is 2.21. The van der Waals surface area contributed by atoms with Crippen LogP contribution in [0.1, 0.15) is 331 Å². The Kier molecular flexibility index (Phi) is 95.0. The zero-order valence-electron chi connectivity index (χ0n) is 87.5. The van der Waals surface area contributed by atoms with Crippen molar-refractivity contribution < 1.29 is 5.11 Å². The Balaban J connectivity index is -0.000000241. The van der Waals surface area contributed by atoms with Gasteiger partial charge in [0.25, 0.3) is 0 Å². The standard InChI is InChI=1S/C18H40N2.C18H38S4.C16H36N2O.C13H28S3.C12H27N.2C12H26S/c1-15(2)11-19(12-16(3)4)9-10-20(13-17(5)6)14-18(7)8;1-13(2)9-19-17(20-10-14(3)4)18(21-11-15(5)6)22-12-16(7)8;1-14(2)11-17(9-10-19)7-8-18(12-15(3)4)13-16(5)6;1-10(2)7-14-13(15-8-11(3)4)16-9-12(5)6;1-10(2)7-13(8-11(3)4)9-12(5)6;1-9(2)7-12(11(5)6)13-8-10(3)4;1-8(2)7-11(9(3)4)12(13)10(5)6/h15-18H,9-14H2,1-8H3;13-18H,9-12H2,1-8H3;14-16,19H,7-13H2,1-6H3;10-13H,7-9H2,1-6H3;10-12H,7-9H2,1-6H3;9-12H,7-8H2,1-6H3;8-13H,7H2,1-6H3. The molecule has 6 nitrogen and oxygen atoms in total. The number of nitrogens with zero attached hydrogens (tertiary/aromatic N) is 5. The first-order valence-corrected chi connectivity index (χ1v) is 57.1. The summed E-state index contributed by atoms with van der Waals surface area (Å²) in [5.41, 5.74) is 0. The average Bonchev–Trinajstić information content (AvgIpc) is 0.900. The number of thioether (sulfide) groups is 8. The van der Waals surface area contributed by atoms with Gasteiger partial charge in [0.2, 0.25) is 0 Å². The second-order valence-electron chi connectivity index (χ2n) is 44.0. The summed E-state index contributed by atoms with van der Waals surface area (Å²) in [5, 5.41) is 10.6. The van der Waals surface area contributed by atoms with Crippen molar-refractivity contribution in [2.45, 2.75) is 355 Å². The summed E-state index contributed by atoms with van der Waals surface area (Å²) in [6, 6.07) is 0. The summed E-state index contributed by atoms with van der Waals surface area (Å²) >= 11 is 22.1. The molecular formula is C101H221N5OS9. The summed E-state index contributed by atoms with van der Waals surface area (Å²) in [6.45, 7) is 124. The topological polar surface area (TPSA) is 36.4 Å². The van der Waals surface area contributed by atoms with Gasteiger partial charge in [-0.3, -0.25) is 4.90 Å². The molecule has 0 saturated heterocycles. The summed E-state index contributed by atoms with van der Waals surface area (Å²) in [4.78, 5) is 12.9. The molecule has 0 radical (unpaired) electrons. The third-order valence-electron chi connectivity index (χ3n) is 17.2. The van der Waals surface area contributed by atoms with E-state index in [1.165, 1.54) is 131 Å². The quantitative estimate of drug-likeness (QED) is 0.0448. The highest BCUT2D eigenvalue weighted by Crippen LogP contribution is 2.43. The van der Waals surface area contributed by atoms with Crippen molar-refractivity contribution in [2.24, 2.45) is 142 Å². The van der Waals surface area contributed by atoms with Gasteiger partial charge in [-0.1, -0.05) is 318 Å². The Labute approximate surface area is 777 Å². The Morgan fingerprint density at radius 3 is 0.603 bits per heavy atom. The maximum absolute atomic E-state index is 9.15. The molecule has 0 aromatic heterocycles. The third kappa shape index (κ3) is 102. The van der Waals surface area contributed by atoms with Gasteiger partial charge >= 0.3 is 0 Å². The van der Waals surface area contributed by atoms with Crippen LogP contribution >= 0.6 is 107 Å². The number of hydrogen-bond acceptors (Lipinski definition) is 15. The average molecular weight is 1810 g/mol. The Bertz CT molecular complexity index is 1800. The van der Waals surface area contributed by atoms with Crippen molar-refractivity contribution in [1.82, 2.24) is 24.5 Å². The van der Waals surface area contributed by atoms with Crippen molar-refractivity contribution in [3.05, 3.63) is 0 Å². The lowest BCUT2D eigenvalue weighted by Gasteiger charge is -2.31. The molecule has 0 aromatic carbocycles. The van der Waals surface area contributed by atoms with Gasteiger partial charge in [-0.15, -0.1) is 82.3 Å². The monoisotopic (exact) mass is 1810 g/mol. The van der Waals surface area contributed by atoms with Crippen molar-refractivity contribution in [3.8, 4) is 0 Å². The molecule has 710 valence electrons. The minimum absolute atomic E-state index is 0.265. The molecular weight excluding hydrogens is 1590 g/mol. The van der Waals surface area contributed by atoms with E-state index in [0.29, 0.717) is 17.1 Å². The molecule has 0 aromatic rings. The zero-order valence-corrected chi connectivity index (χ0v) is 95.0. The number of rotatable bonds is 61. The van der Waals surface area contributed by atoms with Crippen LogP contribution in [-0.4, -0.2) is 204 Å². The molecule has 0 saturated carbocycles. The third-order valence-corrected chi connectivity index (χ3v) is 34.2. The molecule has 0 heterocycles. The predicted octanol–water partition coefficient (Wildman–Crippen LogP) is 31.4. The van der Waals surface area contributed by atoms with Gasteiger partial charge in [-0.25, -0.2) is 0 Å². The molecule has 0 bridgehead atoms. The van der Waals surface area contributed by atoms with Crippen molar-refractivity contribution in [2.75, 3.05) is 151 Å². The molecule has 0 amide bonds. The molecule has 0 fully saturated rings. The van der Waals surface area contributed by atoms with Gasteiger partial charge < -0.3 is 24.7 Å². The minimum atomic E-state index is 0.265. The first kappa shape index (κ1) is 132. The molecule has 0 aliphatic carbocycles. The molecule has 3 unspecified atom stereocenters. The summed E-state index contributed by atoms with van der Waals surface area (Å²) in [7, 11) is 0. The largest absolute Gasteiger partial charge is 0.395 e. The van der Waals surface area contributed by atoms with E-state index in [1.807, 2.05) is 0 Å². The highest BCUT2D eigenvalue weighted by Gasteiger charge is 2.27. The van der Waals surface area contributed by atoms with E-state index in [9.17, 15) is 0 Å². The van der Waals surface area contributed by atoms with E-state index < -0.39 is 0 Å². The lowest BCUT2D eigenvalue weighted by Crippen LogP contribution is -2.41. The van der Waals surface area contributed by atoms with Crippen LogP contribution in [0.3, 0.4) is 0 Å². The van der Waals surface area contributed by atoms with Crippen LogP contribution in [0.2, 0.25) is 0 Å². The van der Waals surface area contributed by atoms with E-state index >= 15 is 0 Å². The molecule has 0 spiro atoms. The van der Waals surface area contributed by atoms with Crippen LogP contribution in [0.25, 0.3) is 0 Å². The van der Waals surface area contributed by atoms with Gasteiger partial charge in [-0.2, -0.15) is 24.4 Å². The fourth-order valence-corrected chi connectivity index (χ4v) is 25.6. The number of thiol groups is 1. The number of aliphatic hydroxyl groups excluding tert-OH is 1. The van der Waals surface area contributed by atoms with Crippen LogP contribution < -0.4 is 0 Å².